The van der Waals surface area contributed by atoms with Gasteiger partial charge >= 0.3 is 0 Å². The van der Waals surface area contributed by atoms with Crippen molar-refractivity contribution in [2.45, 2.75) is 25.8 Å². The molecule has 0 aliphatic heterocycles. The molecule has 1 amide bonds. The van der Waals surface area contributed by atoms with E-state index in [1.165, 1.54) is 0 Å². The van der Waals surface area contributed by atoms with E-state index in [1.807, 2.05) is 30.0 Å². The summed E-state index contributed by atoms with van der Waals surface area (Å²) >= 11 is 0. The minimum absolute atomic E-state index is 0.0208. The highest BCUT2D eigenvalue weighted by Gasteiger charge is 2.33. The molecule has 19 heavy (non-hydrogen) atoms. The molecule has 0 heterocycles. The van der Waals surface area contributed by atoms with Crippen LogP contribution in [0.5, 0.6) is 0 Å². The number of nitrogens with two attached hydrogens (primary N) is 1. The van der Waals surface area contributed by atoms with E-state index in [1.54, 1.807) is 7.11 Å². The average Bonchev–Trinajstić information content (AvgIpc) is 3.23. The second kappa shape index (κ2) is 6.04. The summed E-state index contributed by atoms with van der Waals surface area (Å²) < 4.78 is 5.08. The van der Waals surface area contributed by atoms with Crippen LogP contribution in [0.25, 0.3) is 0 Å². The van der Waals surface area contributed by atoms with E-state index >= 15 is 0 Å². The number of benzene rings is 1. The molecule has 0 unspecified atom stereocenters. The van der Waals surface area contributed by atoms with Crippen LogP contribution in [0.15, 0.2) is 18.2 Å². The molecule has 0 saturated heterocycles. The maximum Gasteiger partial charge on any atom is 0.256 e. The molecule has 1 fully saturated rings. The van der Waals surface area contributed by atoms with Crippen LogP contribution in [0.1, 0.15) is 28.8 Å². The summed E-state index contributed by atoms with van der Waals surface area (Å²) in [5.74, 6) is 5.52. The summed E-state index contributed by atoms with van der Waals surface area (Å²) in [5, 5.41) is 0. The lowest BCUT2D eigenvalue weighted by Gasteiger charge is -2.23. The third-order valence-corrected chi connectivity index (χ3v) is 3.35. The van der Waals surface area contributed by atoms with Crippen LogP contribution in [0, 0.1) is 6.92 Å². The van der Waals surface area contributed by atoms with Gasteiger partial charge in [-0.05, 0) is 37.5 Å². The maximum absolute atomic E-state index is 12.6. The summed E-state index contributed by atoms with van der Waals surface area (Å²) in [4.78, 5) is 14.5. The van der Waals surface area contributed by atoms with Crippen LogP contribution < -0.4 is 11.3 Å². The lowest BCUT2D eigenvalue weighted by atomic mass is 10.1. The number of rotatable bonds is 6. The zero-order valence-corrected chi connectivity index (χ0v) is 11.5. The minimum Gasteiger partial charge on any atom is -0.383 e. The molecule has 5 heteroatoms. The van der Waals surface area contributed by atoms with Crippen LogP contribution in [0.3, 0.4) is 0 Å². The highest BCUT2D eigenvalue weighted by molar-refractivity contribution is 6.00. The molecule has 2 rings (SSSR count). The van der Waals surface area contributed by atoms with Crippen LogP contribution >= 0.6 is 0 Å². The van der Waals surface area contributed by atoms with Crippen LogP contribution in [0.4, 0.5) is 5.69 Å². The Kier molecular flexibility index (Phi) is 4.39. The number of anilines is 1. The second-order valence-corrected chi connectivity index (χ2v) is 4.92. The molecule has 1 aromatic rings. The molecule has 1 saturated carbocycles. The number of nitrogens with zero attached hydrogens (tertiary/aromatic N) is 1. The highest BCUT2D eigenvalue weighted by Crippen LogP contribution is 2.29. The van der Waals surface area contributed by atoms with Gasteiger partial charge in [0.1, 0.15) is 0 Å². The smallest absolute Gasteiger partial charge is 0.256 e. The molecule has 1 aliphatic rings. The average molecular weight is 263 g/mol. The zero-order chi connectivity index (χ0) is 13.8. The molecule has 0 spiro atoms. The molecule has 3 N–H and O–H groups in total. The SMILES string of the molecule is COCCN(C(=O)c1ccc(C)cc1NN)C1CC1. The lowest BCUT2D eigenvalue weighted by Crippen LogP contribution is -2.36. The van der Waals surface area contributed by atoms with Gasteiger partial charge in [0, 0.05) is 19.7 Å². The molecule has 0 aromatic heterocycles. The van der Waals surface area contributed by atoms with E-state index < -0.39 is 0 Å². The van der Waals surface area contributed by atoms with Crippen molar-refractivity contribution >= 4 is 11.6 Å². The number of nitrogen functional groups attached to an aromatic ring is 1. The van der Waals surface area contributed by atoms with Crippen LogP contribution in [-0.4, -0.2) is 37.1 Å². The first-order valence-corrected chi connectivity index (χ1v) is 6.54. The third-order valence-electron chi connectivity index (χ3n) is 3.35. The number of amides is 1. The Morgan fingerprint density at radius 2 is 2.26 bits per heavy atom. The van der Waals surface area contributed by atoms with Gasteiger partial charge in [-0.1, -0.05) is 6.07 Å². The Hall–Kier alpha value is -1.59. The van der Waals surface area contributed by atoms with E-state index in [0.717, 1.165) is 18.4 Å². The Labute approximate surface area is 113 Å². The van der Waals surface area contributed by atoms with Crippen molar-refractivity contribution in [3.63, 3.8) is 0 Å². The van der Waals surface area contributed by atoms with Gasteiger partial charge in [-0.25, -0.2) is 0 Å². The monoisotopic (exact) mass is 263 g/mol. The van der Waals surface area contributed by atoms with Gasteiger partial charge in [0.05, 0.1) is 17.9 Å². The van der Waals surface area contributed by atoms with Crippen molar-refractivity contribution in [2.75, 3.05) is 25.7 Å². The van der Waals surface area contributed by atoms with Crippen LogP contribution in [-0.2, 0) is 4.74 Å². The number of aryl methyl sites for hydroxylation is 1. The summed E-state index contributed by atoms with van der Waals surface area (Å²) in [5.41, 5.74) is 4.97. The predicted molar refractivity (Wildman–Crippen MR) is 74.9 cm³/mol. The summed E-state index contributed by atoms with van der Waals surface area (Å²) in [6.45, 7) is 3.15. The Bertz CT molecular complexity index is 458. The number of hydrazine groups is 1. The number of carbonyl (C=O) groups is 1. The number of hydrogen-bond acceptors (Lipinski definition) is 4. The fraction of sp³-hybridized carbons (Fsp3) is 0.500. The van der Waals surface area contributed by atoms with Gasteiger partial charge in [-0.3, -0.25) is 10.6 Å². The number of hydrogen-bond donors (Lipinski definition) is 2. The molecular weight excluding hydrogens is 242 g/mol. The van der Waals surface area contributed by atoms with Gasteiger partial charge in [0.2, 0.25) is 0 Å². The van der Waals surface area contributed by atoms with Crippen molar-refractivity contribution in [3.8, 4) is 0 Å². The first-order valence-electron chi connectivity index (χ1n) is 6.54. The van der Waals surface area contributed by atoms with Gasteiger partial charge in [-0.15, -0.1) is 0 Å². The molecule has 1 aromatic carbocycles. The quantitative estimate of drug-likeness (QED) is 0.603. The highest BCUT2D eigenvalue weighted by atomic mass is 16.5. The summed E-state index contributed by atoms with van der Waals surface area (Å²) in [6, 6.07) is 5.99. The van der Waals surface area contributed by atoms with Crippen molar-refractivity contribution < 1.29 is 9.53 Å². The van der Waals surface area contributed by atoms with E-state index in [0.29, 0.717) is 30.4 Å². The normalized spacial score (nSPS) is 14.3. The van der Waals surface area contributed by atoms with Gasteiger partial charge in [0.15, 0.2) is 0 Å². The van der Waals surface area contributed by atoms with Gasteiger partial charge in [-0.2, -0.15) is 0 Å². The second-order valence-electron chi connectivity index (χ2n) is 4.92. The number of nitrogens with one attached hydrogen (secondary N) is 1. The minimum atomic E-state index is 0.0208. The van der Waals surface area contributed by atoms with Gasteiger partial charge < -0.3 is 15.1 Å². The van der Waals surface area contributed by atoms with Crippen molar-refractivity contribution in [1.29, 1.82) is 0 Å². The summed E-state index contributed by atoms with van der Waals surface area (Å²) in [7, 11) is 1.65. The first kappa shape index (κ1) is 13.8. The van der Waals surface area contributed by atoms with E-state index in [2.05, 4.69) is 5.43 Å². The topological polar surface area (TPSA) is 67.6 Å². The summed E-state index contributed by atoms with van der Waals surface area (Å²) in [6.07, 6.45) is 2.15. The first-order chi connectivity index (χ1) is 9.17. The molecular formula is C14H21N3O2. The maximum atomic E-state index is 12.6. The van der Waals surface area contributed by atoms with Gasteiger partial charge in [0.25, 0.3) is 5.91 Å². The molecule has 0 radical (unpaired) electrons. The van der Waals surface area contributed by atoms with Crippen molar-refractivity contribution in [1.82, 2.24) is 4.90 Å². The molecule has 1 aliphatic carbocycles. The standard InChI is InChI=1S/C14H21N3O2/c1-10-3-6-12(13(9-10)16-15)14(18)17(7-8-19-2)11-4-5-11/h3,6,9,11,16H,4-5,7-8,15H2,1-2H3. The van der Waals surface area contributed by atoms with E-state index in [-0.39, 0.29) is 5.91 Å². The lowest BCUT2D eigenvalue weighted by molar-refractivity contribution is 0.0681. The molecule has 5 nitrogen and oxygen atoms in total. The van der Waals surface area contributed by atoms with E-state index in [4.69, 9.17) is 10.6 Å². The third kappa shape index (κ3) is 3.24. The number of methoxy groups -OCH3 is 1. The Morgan fingerprint density at radius 3 is 2.84 bits per heavy atom. The van der Waals surface area contributed by atoms with Crippen LogP contribution in [0.2, 0.25) is 0 Å². The predicted octanol–water partition coefficient (Wildman–Crippen LogP) is 1.53. The largest absolute Gasteiger partial charge is 0.383 e. The molecule has 0 bridgehead atoms. The number of ether oxygens (including phenoxy) is 1. The number of carbonyl (C=O) groups excluding carboxylic acids is 1. The zero-order valence-electron chi connectivity index (χ0n) is 11.5. The molecule has 0 atom stereocenters. The Balaban J connectivity index is 2.20. The molecule has 104 valence electrons. The van der Waals surface area contributed by atoms with Crippen molar-refractivity contribution in [2.24, 2.45) is 5.84 Å². The van der Waals surface area contributed by atoms with E-state index in [9.17, 15) is 4.79 Å². The Morgan fingerprint density at radius 1 is 1.53 bits per heavy atom. The fourth-order valence-electron chi connectivity index (χ4n) is 2.14. The van der Waals surface area contributed by atoms with Crippen molar-refractivity contribution in [3.05, 3.63) is 29.3 Å². The fourth-order valence-corrected chi connectivity index (χ4v) is 2.14.